The molecule has 0 unspecified atom stereocenters. The van der Waals surface area contributed by atoms with Crippen LogP contribution in [0.1, 0.15) is 24.8 Å². The summed E-state index contributed by atoms with van der Waals surface area (Å²) < 4.78 is 5.45. The summed E-state index contributed by atoms with van der Waals surface area (Å²) in [5.41, 5.74) is 1.24. The van der Waals surface area contributed by atoms with Crippen molar-refractivity contribution in [2.75, 3.05) is 6.61 Å². The third-order valence-electron chi connectivity index (χ3n) is 2.33. The summed E-state index contributed by atoms with van der Waals surface area (Å²) in [6.45, 7) is 1.59. The molecule has 14 heavy (non-hydrogen) atoms. The SMILES string of the molecule is c1ccc(CN=C2CCCCO2)cc1. The minimum atomic E-state index is 0.746. The molecule has 1 aromatic rings. The van der Waals surface area contributed by atoms with Gasteiger partial charge in [-0.1, -0.05) is 30.3 Å². The van der Waals surface area contributed by atoms with E-state index in [0.717, 1.165) is 25.5 Å². The van der Waals surface area contributed by atoms with Gasteiger partial charge in [-0.05, 0) is 18.4 Å². The molecular formula is C12H15NO. The van der Waals surface area contributed by atoms with Gasteiger partial charge in [-0.15, -0.1) is 0 Å². The Bertz CT molecular complexity index is 297. The van der Waals surface area contributed by atoms with Crippen LogP contribution in [-0.2, 0) is 11.3 Å². The topological polar surface area (TPSA) is 21.6 Å². The minimum absolute atomic E-state index is 0.746. The van der Waals surface area contributed by atoms with Gasteiger partial charge in [0, 0.05) is 6.42 Å². The molecule has 0 amide bonds. The molecule has 0 aliphatic carbocycles. The number of aliphatic imine (C=N–C) groups is 1. The number of benzene rings is 1. The highest BCUT2D eigenvalue weighted by atomic mass is 16.5. The summed E-state index contributed by atoms with van der Waals surface area (Å²) in [5, 5.41) is 0. The van der Waals surface area contributed by atoms with E-state index in [-0.39, 0.29) is 0 Å². The lowest BCUT2D eigenvalue weighted by Gasteiger charge is -2.14. The molecule has 2 heteroatoms. The summed E-state index contributed by atoms with van der Waals surface area (Å²) in [4.78, 5) is 4.45. The van der Waals surface area contributed by atoms with Crippen molar-refractivity contribution in [3.05, 3.63) is 35.9 Å². The van der Waals surface area contributed by atoms with Crippen LogP contribution in [-0.4, -0.2) is 12.5 Å². The van der Waals surface area contributed by atoms with Crippen molar-refractivity contribution in [2.45, 2.75) is 25.8 Å². The molecule has 1 aliphatic rings. The van der Waals surface area contributed by atoms with Gasteiger partial charge in [0.2, 0.25) is 0 Å². The number of hydrogen-bond acceptors (Lipinski definition) is 2. The van der Waals surface area contributed by atoms with Crippen LogP contribution >= 0.6 is 0 Å². The summed E-state index contributed by atoms with van der Waals surface area (Å²) in [7, 11) is 0. The van der Waals surface area contributed by atoms with Crippen molar-refractivity contribution in [2.24, 2.45) is 4.99 Å². The van der Waals surface area contributed by atoms with Crippen molar-refractivity contribution in [1.29, 1.82) is 0 Å². The number of ether oxygens (including phenoxy) is 1. The van der Waals surface area contributed by atoms with Crippen LogP contribution in [0.15, 0.2) is 35.3 Å². The Labute approximate surface area is 84.6 Å². The maximum Gasteiger partial charge on any atom is 0.183 e. The lowest BCUT2D eigenvalue weighted by Crippen LogP contribution is -2.12. The molecule has 1 aliphatic heterocycles. The molecular weight excluding hydrogens is 174 g/mol. The molecule has 0 bridgehead atoms. The second-order valence-corrected chi connectivity index (χ2v) is 3.50. The molecule has 1 aromatic carbocycles. The smallest absolute Gasteiger partial charge is 0.183 e. The molecule has 1 saturated heterocycles. The van der Waals surface area contributed by atoms with E-state index < -0.39 is 0 Å². The first kappa shape index (κ1) is 9.25. The first-order valence-electron chi connectivity index (χ1n) is 5.15. The molecule has 0 N–H and O–H groups in total. The quantitative estimate of drug-likeness (QED) is 0.701. The minimum Gasteiger partial charge on any atom is -0.481 e. The largest absolute Gasteiger partial charge is 0.481 e. The van der Waals surface area contributed by atoms with E-state index in [9.17, 15) is 0 Å². The fraction of sp³-hybridized carbons (Fsp3) is 0.417. The van der Waals surface area contributed by atoms with Crippen molar-refractivity contribution in [3.8, 4) is 0 Å². The Morgan fingerprint density at radius 2 is 2.00 bits per heavy atom. The molecule has 0 saturated carbocycles. The summed E-state index contributed by atoms with van der Waals surface area (Å²) >= 11 is 0. The van der Waals surface area contributed by atoms with Gasteiger partial charge in [0.05, 0.1) is 13.2 Å². The number of hydrogen-bond donors (Lipinski definition) is 0. The molecule has 0 aromatic heterocycles. The van der Waals surface area contributed by atoms with E-state index in [1.165, 1.54) is 18.4 Å². The van der Waals surface area contributed by atoms with E-state index in [2.05, 4.69) is 17.1 Å². The predicted molar refractivity (Wildman–Crippen MR) is 57.4 cm³/mol. The predicted octanol–water partition coefficient (Wildman–Crippen LogP) is 2.79. The van der Waals surface area contributed by atoms with Gasteiger partial charge >= 0.3 is 0 Å². The molecule has 1 heterocycles. The molecule has 0 atom stereocenters. The first-order chi connectivity index (χ1) is 6.95. The molecule has 0 spiro atoms. The fourth-order valence-electron chi connectivity index (χ4n) is 1.53. The third kappa shape index (κ3) is 2.59. The highest BCUT2D eigenvalue weighted by Crippen LogP contribution is 2.09. The zero-order valence-corrected chi connectivity index (χ0v) is 8.28. The standard InChI is InChI=1S/C12H15NO/c1-2-6-11(7-3-1)10-13-12-8-4-5-9-14-12/h1-3,6-7H,4-5,8-10H2. The molecule has 2 rings (SSSR count). The highest BCUT2D eigenvalue weighted by molar-refractivity contribution is 5.76. The van der Waals surface area contributed by atoms with Crippen LogP contribution in [0.3, 0.4) is 0 Å². The highest BCUT2D eigenvalue weighted by Gasteiger charge is 2.06. The second-order valence-electron chi connectivity index (χ2n) is 3.50. The Balaban J connectivity index is 1.92. The lowest BCUT2D eigenvalue weighted by atomic mass is 10.2. The van der Waals surface area contributed by atoms with Gasteiger partial charge in [-0.3, -0.25) is 4.99 Å². The number of nitrogens with zero attached hydrogens (tertiary/aromatic N) is 1. The van der Waals surface area contributed by atoms with E-state index in [1.807, 2.05) is 18.2 Å². The molecule has 74 valence electrons. The normalized spacial score (nSPS) is 19.3. The average molecular weight is 189 g/mol. The van der Waals surface area contributed by atoms with Crippen LogP contribution in [0.4, 0.5) is 0 Å². The Morgan fingerprint density at radius 1 is 1.14 bits per heavy atom. The Morgan fingerprint density at radius 3 is 2.71 bits per heavy atom. The average Bonchev–Trinajstić information content (AvgIpc) is 2.29. The summed E-state index contributed by atoms with van der Waals surface area (Å²) in [6.07, 6.45) is 3.39. The van der Waals surface area contributed by atoms with Crippen LogP contribution in [0.5, 0.6) is 0 Å². The Kier molecular flexibility index (Phi) is 3.17. The van der Waals surface area contributed by atoms with Crippen LogP contribution in [0, 0.1) is 0 Å². The van der Waals surface area contributed by atoms with Gasteiger partial charge in [0.15, 0.2) is 5.90 Å². The van der Waals surface area contributed by atoms with Gasteiger partial charge in [-0.25, -0.2) is 0 Å². The monoisotopic (exact) mass is 189 g/mol. The van der Waals surface area contributed by atoms with Crippen molar-refractivity contribution in [1.82, 2.24) is 0 Å². The van der Waals surface area contributed by atoms with Gasteiger partial charge in [0.1, 0.15) is 0 Å². The molecule has 1 fully saturated rings. The fourth-order valence-corrected chi connectivity index (χ4v) is 1.53. The summed E-state index contributed by atoms with van der Waals surface area (Å²) in [5.74, 6) is 0.931. The second kappa shape index (κ2) is 4.80. The van der Waals surface area contributed by atoms with Gasteiger partial charge in [-0.2, -0.15) is 0 Å². The van der Waals surface area contributed by atoms with Crippen molar-refractivity contribution in [3.63, 3.8) is 0 Å². The lowest BCUT2D eigenvalue weighted by molar-refractivity contribution is 0.258. The third-order valence-corrected chi connectivity index (χ3v) is 2.33. The first-order valence-corrected chi connectivity index (χ1v) is 5.15. The zero-order valence-electron chi connectivity index (χ0n) is 8.28. The molecule has 2 nitrogen and oxygen atoms in total. The maximum atomic E-state index is 5.45. The number of rotatable bonds is 2. The van der Waals surface area contributed by atoms with E-state index in [1.54, 1.807) is 0 Å². The van der Waals surface area contributed by atoms with Gasteiger partial charge < -0.3 is 4.74 Å². The molecule has 0 radical (unpaired) electrons. The zero-order chi connectivity index (χ0) is 9.64. The van der Waals surface area contributed by atoms with Crippen LogP contribution in [0.25, 0.3) is 0 Å². The summed E-state index contributed by atoms with van der Waals surface area (Å²) in [6, 6.07) is 10.3. The van der Waals surface area contributed by atoms with Crippen LogP contribution in [0.2, 0.25) is 0 Å². The van der Waals surface area contributed by atoms with E-state index in [4.69, 9.17) is 4.74 Å². The van der Waals surface area contributed by atoms with E-state index in [0.29, 0.717) is 0 Å². The van der Waals surface area contributed by atoms with Crippen molar-refractivity contribution < 1.29 is 4.74 Å². The maximum absolute atomic E-state index is 5.45. The van der Waals surface area contributed by atoms with Crippen LogP contribution < -0.4 is 0 Å². The Hall–Kier alpha value is -1.31. The van der Waals surface area contributed by atoms with E-state index >= 15 is 0 Å². The van der Waals surface area contributed by atoms with Crippen molar-refractivity contribution >= 4 is 5.90 Å². The van der Waals surface area contributed by atoms with Gasteiger partial charge in [0.25, 0.3) is 0 Å².